The van der Waals surface area contributed by atoms with Gasteiger partial charge in [-0.05, 0) is 68.6 Å². The van der Waals surface area contributed by atoms with Crippen molar-refractivity contribution >= 4 is 5.97 Å². The maximum atomic E-state index is 11.8. The highest BCUT2D eigenvalue weighted by Gasteiger charge is 2.62. The third-order valence-electron chi connectivity index (χ3n) is 9.31. The first-order chi connectivity index (χ1) is 13.7. The number of esters is 1. The Hall–Kier alpha value is -1.07. The van der Waals surface area contributed by atoms with Crippen molar-refractivity contribution in [1.82, 2.24) is 0 Å². The second-order valence-corrected chi connectivity index (χ2v) is 10.6. The van der Waals surface area contributed by atoms with Crippen molar-refractivity contribution in [3.63, 3.8) is 0 Å². The van der Waals surface area contributed by atoms with Crippen LogP contribution in [0.5, 0.6) is 0 Å². The summed E-state index contributed by atoms with van der Waals surface area (Å²) in [4.78, 5) is 11.3. The van der Waals surface area contributed by atoms with Crippen molar-refractivity contribution in [3.8, 4) is 0 Å². The van der Waals surface area contributed by atoms with Gasteiger partial charge in [0, 0.05) is 11.8 Å². The molecule has 4 rings (SSSR count). The topological polar surface area (TPSA) is 76.0 Å². The van der Waals surface area contributed by atoms with Crippen LogP contribution in [0.4, 0.5) is 0 Å². The summed E-state index contributed by atoms with van der Waals surface area (Å²) in [5.74, 6) is 1.55. The SMILES string of the molecule is CC[C@@H]1C[C@@H](O)CC[C@]1(C)[C@H]1CC[C@]2(C)C(OC3=COC(=O)CC3)CC[C@]2(O)C1. The number of carbonyl (C=O) groups is 1. The highest BCUT2D eigenvalue weighted by Crippen LogP contribution is 2.62. The van der Waals surface area contributed by atoms with E-state index in [9.17, 15) is 15.0 Å². The van der Waals surface area contributed by atoms with Gasteiger partial charge in [-0.25, -0.2) is 0 Å². The number of carbonyl (C=O) groups excluding carboxylic acids is 1. The molecule has 3 saturated carbocycles. The molecule has 0 radical (unpaired) electrons. The van der Waals surface area contributed by atoms with Crippen LogP contribution in [0.1, 0.15) is 91.4 Å². The van der Waals surface area contributed by atoms with Crippen LogP contribution in [0.25, 0.3) is 0 Å². The third-order valence-corrected chi connectivity index (χ3v) is 9.31. The van der Waals surface area contributed by atoms with Crippen LogP contribution in [0.15, 0.2) is 12.0 Å². The lowest BCUT2D eigenvalue weighted by atomic mass is 9.51. The zero-order valence-electron chi connectivity index (χ0n) is 18.3. The molecule has 0 aromatic heterocycles. The molecule has 0 amide bonds. The zero-order chi connectivity index (χ0) is 20.9. The first-order valence-corrected chi connectivity index (χ1v) is 11.7. The molecule has 5 nitrogen and oxygen atoms in total. The van der Waals surface area contributed by atoms with Crippen molar-refractivity contribution < 1.29 is 24.5 Å². The summed E-state index contributed by atoms with van der Waals surface area (Å²) in [7, 11) is 0. The van der Waals surface area contributed by atoms with Gasteiger partial charge in [-0.3, -0.25) is 4.79 Å². The van der Waals surface area contributed by atoms with Gasteiger partial charge in [0.2, 0.25) is 0 Å². The molecule has 4 aliphatic rings. The highest BCUT2D eigenvalue weighted by molar-refractivity contribution is 5.71. The third kappa shape index (κ3) is 3.52. The Morgan fingerprint density at radius 3 is 2.66 bits per heavy atom. The molecule has 0 spiro atoms. The lowest BCUT2D eigenvalue weighted by Gasteiger charge is -2.56. The summed E-state index contributed by atoms with van der Waals surface area (Å²) in [5.41, 5.74) is -0.772. The Bertz CT molecular complexity index is 674. The first kappa shape index (κ1) is 21.2. The Kier molecular flexibility index (Phi) is 5.52. The average Bonchev–Trinajstić information content (AvgIpc) is 2.96. The summed E-state index contributed by atoms with van der Waals surface area (Å²) in [6.45, 7) is 6.85. The number of cyclic esters (lactones) is 1. The molecular formula is C24H38O5. The molecular weight excluding hydrogens is 368 g/mol. The average molecular weight is 407 g/mol. The van der Waals surface area contributed by atoms with E-state index in [1.165, 1.54) is 6.26 Å². The number of hydrogen-bond donors (Lipinski definition) is 2. The fourth-order valence-electron chi connectivity index (χ4n) is 7.05. The predicted octanol–water partition coefficient (Wildman–Crippen LogP) is 4.46. The van der Waals surface area contributed by atoms with Crippen molar-refractivity contribution in [2.45, 2.75) is 109 Å². The standard InChI is InChI=1S/C24H38O5/c1-4-16-13-18(25)8-10-22(16,2)17-7-11-23(3)20(9-12-24(23,27)14-17)29-19-5-6-21(26)28-15-19/h15-18,20,25,27H,4-14H2,1-3H3/t16-,17+,18+,20?,22+,23-,24+/m1/s1. The van der Waals surface area contributed by atoms with Gasteiger partial charge in [0.1, 0.15) is 18.1 Å². The number of aliphatic hydroxyl groups excluding tert-OH is 1. The van der Waals surface area contributed by atoms with Crippen molar-refractivity contribution in [2.75, 3.05) is 0 Å². The predicted molar refractivity (Wildman–Crippen MR) is 110 cm³/mol. The smallest absolute Gasteiger partial charge is 0.311 e. The molecule has 5 heteroatoms. The van der Waals surface area contributed by atoms with Crippen LogP contribution in [0, 0.1) is 22.7 Å². The van der Waals surface area contributed by atoms with Gasteiger partial charge >= 0.3 is 5.97 Å². The fourth-order valence-corrected chi connectivity index (χ4v) is 7.05. The summed E-state index contributed by atoms with van der Waals surface area (Å²) < 4.78 is 11.3. The van der Waals surface area contributed by atoms with Crippen molar-refractivity contribution in [3.05, 3.63) is 12.0 Å². The van der Waals surface area contributed by atoms with Crippen LogP contribution < -0.4 is 0 Å². The number of ether oxygens (including phenoxy) is 2. The van der Waals surface area contributed by atoms with Crippen LogP contribution >= 0.6 is 0 Å². The summed E-state index contributed by atoms with van der Waals surface area (Å²) >= 11 is 0. The molecule has 3 aliphatic carbocycles. The van der Waals surface area contributed by atoms with Gasteiger partial charge in [0.05, 0.1) is 18.1 Å². The molecule has 2 N–H and O–H groups in total. The van der Waals surface area contributed by atoms with Crippen LogP contribution in [0.2, 0.25) is 0 Å². The second kappa shape index (κ2) is 7.56. The summed E-state index contributed by atoms with van der Waals surface area (Å²) in [6.07, 6.45) is 10.7. The Balaban J connectivity index is 1.49. The van der Waals surface area contributed by atoms with E-state index < -0.39 is 5.60 Å². The molecule has 0 bridgehead atoms. The monoisotopic (exact) mass is 406 g/mol. The minimum atomic E-state index is -0.705. The van der Waals surface area contributed by atoms with E-state index in [-0.39, 0.29) is 29.0 Å². The van der Waals surface area contributed by atoms with Gasteiger partial charge in [-0.2, -0.15) is 0 Å². The van der Waals surface area contributed by atoms with Gasteiger partial charge in [-0.1, -0.05) is 27.2 Å². The zero-order valence-corrected chi connectivity index (χ0v) is 18.3. The van der Waals surface area contributed by atoms with Crippen molar-refractivity contribution in [1.29, 1.82) is 0 Å². The van der Waals surface area contributed by atoms with Crippen LogP contribution in [-0.4, -0.2) is 34.0 Å². The Morgan fingerprint density at radius 2 is 1.97 bits per heavy atom. The second-order valence-electron chi connectivity index (χ2n) is 10.6. The largest absolute Gasteiger partial charge is 0.491 e. The number of allylic oxidation sites excluding steroid dienone is 1. The van der Waals surface area contributed by atoms with Crippen LogP contribution in [0.3, 0.4) is 0 Å². The first-order valence-electron chi connectivity index (χ1n) is 11.7. The number of aliphatic hydroxyl groups is 2. The van der Waals surface area contributed by atoms with E-state index in [4.69, 9.17) is 9.47 Å². The molecule has 1 aliphatic heterocycles. The minimum absolute atomic E-state index is 0.0283. The van der Waals surface area contributed by atoms with E-state index in [1.54, 1.807) is 0 Å². The Labute approximate surface area is 174 Å². The van der Waals surface area contributed by atoms with E-state index in [0.29, 0.717) is 24.7 Å². The van der Waals surface area contributed by atoms with E-state index in [1.807, 2.05) is 0 Å². The highest BCUT2D eigenvalue weighted by atomic mass is 16.6. The molecule has 1 heterocycles. The van der Waals surface area contributed by atoms with E-state index in [2.05, 4.69) is 20.8 Å². The maximum absolute atomic E-state index is 11.8. The molecule has 164 valence electrons. The van der Waals surface area contributed by atoms with Gasteiger partial charge in [0.25, 0.3) is 0 Å². The van der Waals surface area contributed by atoms with Gasteiger partial charge < -0.3 is 19.7 Å². The molecule has 0 aromatic carbocycles. The lowest BCUT2D eigenvalue weighted by molar-refractivity contribution is -0.163. The number of hydrogen-bond acceptors (Lipinski definition) is 5. The summed E-state index contributed by atoms with van der Waals surface area (Å²) in [5, 5.41) is 22.0. The van der Waals surface area contributed by atoms with Crippen LogP contribution in [-0.2, 0) is 14.3 Å². The fraction of sp³-hybridized carbons (Fsp3) is 0.875. The summed E-state index contributed by atoms with van der Waals surface area (Å²) in [6, 6.07) is 0. The number of rotatable bonds is 4. The molecule has 29 heavy (non-hydrogen) atoms. The number of fused-ring (bicyclic) bond motifs is 1. The van der Waals surface area contributed by atoms with Gasteiger partial charge in [0.15, 0.2) is 0 Å². The molecule has 3 fully saturated rings. The quantitative estimate of drug-likeness (QED) is 0.674. The molecule has 0 aromatic rings. The molecule has 0 saturated heterocycles. The van der Waals surface area contributed by atoms with Gasteiger partial charge in [-0.15, -0.1) is 0 Å². The normalized spacial score (nSPS) is 47.9. The van der Waals surface area contributed by atoms with E-state index in [0.717, 1.165) is 63.5 Å². The van der Waals surface area contributed by atoms with E-state index >= 15 is 0 Å². The lowest BCUT2D eigenvalue weighted by Crippen LogP contribution is -2.55. The Morgan fingerprint density at radius 1 is 1.17 bits per heavy atom. The minimum Gasteiger partial charge on any atom is -0.491 e. The molecule has 7 atom stereocenters. The van der Waals surface area contributed by atoms with Crippen molar-refractivity contribution in [2.24, 2.45) is 22.7 Å². The molecule has 1 unspecified atom stereocenters. The maximum Gasteiger partial charge on any atom is 0.311 e.